The second-order valence-corrected chi connectivity index (χ2v) is 6.44. The van der Waals surface area contributed by atoms with Crippen LogP contribution in [0.5, 0.6) is 0 Å². The zero-order valence-corrected chi connectivity index (χ0v) is 14.7. The van der Waals surface area contributed by atoms with E-state index >= 15 is 0 Å². The molecule has 6 heteroatoms. The molecule has 136 valence electrons. The largest absolute Gasteiger partial charge is 0.355 e. The number of anilines is 1. The molecule has 0 unspecified atom stereocenters. The zero-order valence-electron chi connectivity index (χ0n) is 14.7. The number of nitrogens with zero attached hydrogens (tertiary/aromatic N) is 1. The highest BCUT2D eigenvalue weighted by atomic mass is 19.1. The number of benzene rings is 2. The lowest BCUT2D eigenvalue weighted by Gasteiger charge is -2.21. The van der Waals surface area contributed by atoms with Gasteiger partial charge < -0.3 is 10.6 Å². The maximum atomic E-state index is 13.9. The van der Waals surface area contributed by atoms with Crippen molar-refractivity contribution in [1.82, 2.24) is 10.2 Å². The molecule has 5 nitrogen and oxygen atoms in total. The number of carbonyl (C=O) groups is 2. The molecule has 0 radical (unpaired) electrons. The fraction of sp³-hybridized carbons (Fsp3) is 0.300. The summed E-state index contributed by atoms with van der Waals surface area (Å²) in [6.07, 6.45) is 2.04. The Kier molecular flexibility index (Phi) is 5.63. The van der Waals surface area contributed by atoms with Crippen molar-refractivity contribution >= 4 is 17.5 Å². The number of halogens is 1. The van der Waals surface area contributed by atoms with E-state index in [2.05, 4.69) is 10.6 Å². The summed E-state index contributed by atoms with van der Waals surface area (Å²) in [6.45, 7) is 0.590. The molecular formula is C20H22FN3O2. The minimum Gasteiger partial charge on any atom is -0.355 e. The van der Waals surface area contributed by atoms with Crippen LogP contribution in [0.4, 0.5) is 10.1 Å². The van der Waals surface area contributed by atoms with Gasteiger partial charge in [-0.3, -0.25) is 14.5 Å². The van der Waals surface area contributed by atoms with Gasteiger partial charge in [-0.25, -0.2) is 4.39 Å². The quantitative estimate of drug-likeness (QED) is 0.803. The average molecular weight is 355 g/mol. The van der Waals surface area contributed by atoms with E-state index < -0.39 is 0 Å². The Morgan fingerprint density at radius 2 is 1.92 bits per heavy atom. The Morgan fingerprint density at radius 1 is 1.15 bits per heavy atom. The Labute approximate surface area is 152 Å². The highest BCUT2D eigenvalue weighted by Crippen LogP contribution is 2.28. The van der Waals surface area contributed by atoms with Crippen molar-refractivity contribution in [3.63, 3.8) is 0 Å². The first kappa shape index (κ1) is 18.1. The summed E-state index contributed by atoms with van der Waals surface area (Å²) in [7, 11) is 1.56. The molecule has 1 aliphatic rings. The first-order valence-electron chi connectivity index (χ1n) is 8.66. The Morgan fingerprint density at radius 3 is 2.62 bits per heavy atom. The smallest absolute Gasteiger partial charge is 0.251 e. The van der Waals surface area contributed by atoms with Gasteiger partial charge >= 0.3 is 0 Å². The summed E-state index contributed by atoms with van der Waals surface area (Å²) < 4.78 is 13.9. The molecule has 2 amide bonds. The number of hydrogen-bond donors (Lipinski definition) is 2. The second-order valence-electron chi connectivity index (χ2n) is 6.44. The highest BCUT2D eigenvalue weighted by Gasteiger charge is 2.30. The van der Waals surface area contributed by atoms with Gasteiger partial charge in [0.2, 0.25) is 5.91 Å². The molecule has 2 aromatic carbocycles. The summed E-state index contributed by atoms with van der Waals surface area (Å²) in [5, 5.41) is 5.37. The molecule has 0 saturated heterocycles. The molecule has 2 N–H and O–H groups in total. The minimum atomic E-state index is -0.253. The van der Waals surface area contributed by atoms with Crippen LogP contribution in [0, 0.1) is 5.82 Å². The van der Waals surface area contributed by atoms with E-state index in [9.17, 15) is 14.0 Å². The molecule has 1 fully saturated rings. The van der Waals surface area contributed by atoms with Gasteiger partial charge in [0.25, 0.3) is 5.91 Å². The van der Waals surface area contributed by atoms with Gasteiger partial charge in [-0.2, -0.15) is 0 Å². The number of nitrogens with one attached hydrogen (secondary N) is 2. The number of rotatable bonds is 7. The summed E-state index contributed by atoms with van der Waals surface area (Å²) >= 11 is 0. The Bertz CT molecular complexity index is 805. The van der Waals surface area contributed by atoms with Crippen LogP contribution >= 0.6 is 0 Å². The first-order valence-corrected chi connectivity index (χ1v) is 8.66. The molecule has 0 atom stereocenters. The van der Waals surface area contributed by atoms with Gasteiger partial charge in [-0.15, -0.1) is 0 Å². The lowest BCUT2D eigenvalue weighted by molar-refractivity contribution is -0.117. The number of hydrogen-bond acceptors (Lipinski definition) is 3. The maximum Gasteiger partial charge on any atom is 0.251 e. The second kappa shape index (κ2) is 8.10. The Balaban J connectivity index is 1.64. The molecule has 0 aromatic heterocycles. The maximum absolute atomic E-state index is 13.9. The summed E-state index contributed by atoms with van der Waals surface area (Å²) in [4.78, 5) is 26.1. The van der Waals surface area contributed by atoms with Crippen LogP contribution in [-0.2, 0) is 11.3 Å². The number of amides is 2. The molecule has 3 rings (SSSR count). The normalized spacial score (nSPS) is 13.5. The molecule has 1 saturated carbocycles. The molecule has 0 aliphatic heterocycles. The van der Waals surface area contributed by atoms with E-state index in [1.807, 2.05) is 4.90 Å². The van der Waals surface area contributed by atoms with E-state index in [1.165, 1.54) is 6.07 Å². The average Bonchev–Trinajstić information content (AvgIpc) is 3.47. The SMILES string of the molecule is CNC(=O)c1cccc(NC(=O)CN(Cc2ccccc2F)C2CC2)c1. The van der Waals surface area contributed by atoms with Crippen molar-refractivity contribution in [2.24, 2.45) is 0 Å². The van der Waals surface area contributed by atoms with E-state index in [0.29, 0.717) is 29.4 Å². The first-order chi connectivity index (χ1) is 12.6. The minimum absolute atomic E-state index is 0.178. The lowest BCUT2D eigenvalue weighted by atomic mass is 10.2. The fourth-order valence-electron chi connectivity index (χ4n) is 2.87. The van der Waals surface area contributed by atoms with Crippen molar-refractivity contribution in [3.8, 4) is 0 Å². The third-order valence-electron chi connectivity index (χ3n) is 4.38. The van der Waals surface area contributed by atoms with Gasteiger partial charge in [0, 0.05) is 36.4 Å². The third kappa shape index (κ3) is 4.67. The molecule has 26 heavy (non-hydrogen) atoms. The van der Waals surface area contributed by atoms with E-state index in [1.54, 1.807) is 49.5 Å². The van der Waals surface area contributed by atoms with Crippen LogP contribution in [0.25, 0.3) is 0 Å². The molecular weight excluding hydrogens is 333 g/mol. The monoisotopic (exact) mass is 355 g/mol. The van der Waals surface area contributed by atoms with Crippen molar-refractivity contribution < 1.29 is 14.0 Å². The molecule has 0 heterocycles. The number of carbonyl (C=O) groups excluding carboxylic acids is 2. The van der Waals surface area contributed by atoms with E-state index in [4.69, 9.17) is 0 Å². The molecule has 1 aliphatic carbocycles. The molecule has 0 bridgehead atoms. The van der Waals surface area contributed by atoms with Crippen LogP contribution in [0.15, 0.2) is 48.5 Å². The van der Waals surface area contributed by atoms with Crippen molar-refractivity contribution in [3.05, 3.63) is 65.5 Å². The van der Waals surface area contributed by atoms with Crippen molar-refractivity contribution in [2.75, 3.05) is 18.9 Å². The van der Waals surface area contributed by atoms with Crippen LogP contribution in [0.3, 0.4) is 0 Å². The fourth-order valence-corrected chi connectivity index (χ4v) is 2.87. The summed E-state index contributed by atoms with van der Waals surface area (Å²) in [5.74, 6) is -0.639. The van der Waals surface area contributed by atoms with Gasteiger partial charge in [0.05, 0.1) is 6.54 Å². The van der Waals surface area contributed by atoms with E-state index in [0.717, 1.165) is 12.8 Å². The lowest BCUT2D eigenvalue weighted by Crippen LogP contribution is -2.34. The van der Waals surface area contributed by atoms with Crippen LogP contribution in [-0.4, -0.2) is 36.3 Å². The van der Waals surface area contributed by atoms with Crippen molar-refractivity contribution in [2.45, 2.75) is 25.4 Å². The van der Waals surface area contributed by atoms with Gasteiger partial charge in [-0.1, -0.05) is 24.3 Å². The third-order valence-corrected chi connectivity index (χ3v) is 4.38. The standard InChI is InChI=1S/C20H22FN3O2/c1-22-20(26)14-6-4-7-16(11-14)23-19(25)13-24(17-9-10-17)12-15-5-2-3-8-18(15)21/h2-8,11,17H,9-10,12-13H2,1H3,(H,22,26)(H,23,25). The topological polar surface area (TPSA) is 61.4 Å². The molecule has 0 spiro atoms. The summed E-state index contributed by atoms with van der Waals surface area (Å²) in [6, 6.07) is 13.7. The van der Waals surface area contributed by atoms with Gasteiger partial charge in [-0.05, 0) is 37.1 Å². The van der Waals surface area contributed by atoms with E-state index in [-0.39, 0.29) is 24.2 Å². The Hall–Kier alpha value is -2.73. The molecule has 2 aromatic rings. The highest BCUT2D eigenvalue weighted by molar-refractivity contribution is 5.97. The van der Waals surface area contributed by atoms with Crippen molar-refractivity contribution in [1.29, 1.82) is 0 Å². The van der Waals surface area contributed by atoms with Gasteiger partial charge in [0.1, 0.15) is 5.82 Å². The summed E-state index contributed by atoms with van der Waals surface area (Å²) in [5.41, 5.74) is 1.64. The van der Waals surface area contributed by atoms with Crippen LogP contribution < -0.4 is 10.6 Å². The van der Waals surface area contributed by atoms with Gasteiger partial charge in [0.15, 0.2) is 0 Å². The predicted octanol–water partition coefficient (Wildman–Crippen LogP) is 2.79. The van der Waals surface area contributed by atoms with Crippen LogP contribution in [0.2, 0.25) is 0 Å². The zero-order chi connectivity index (χ0) is 18.5. The van der Waals surface area contributed by atoms with Crippen LogP contribution in [0.1, 0.15) is 28.8 Å². The predicted molar refractivity (Wildman–Crippen MR) is 98.3 cm³/mol.